The Morgan fingerprint density at radius 1 is 1.60 bits per heavy atom. The van der Waals surface area contributed by atoms with Gasteiger partial charge in [0.15, 0.2) is 5.69 Å². The van der Waals surface area contributed by atoms with Crippen molar-refractivity contribution in [2.45, 2.75) is 33.4 Å². The number of fused-ring (bicyclic) bond motifs is 1. The summed E-state index contributed by atoms with van der Waals surface area (Å²) in [4.78, 5) is 28.0. The summed E-state index contributed by atoms with van der Waals surface area (Å²) < 4.78 is 11.8. The molecule has 0 fully saturated rings. The third-order valence-corrected chi connectivity index (χ3v) is 3.12. The van der Waals surface area contributed by atoms with Gasteiger partial charge in [-0.05, 0) is 12.8 Å². The van der Waals surface area contributed by atoms with Gasteiger partial charge in [-0.1, -0.05) is 13.8 Å². The van der Waals surface area contributed by atoms with Gasteiger partial charge in [0.1, 0.15) is 11.9 Å². The Morgan fingerprint density at radius 3 is 2.90 bits per heavy atom. The van der Waals surface area contributed by atoms with E-state index in [9.17, 15) is 14.7 Å². The first-order valence-corrected chi connectivity index (χ1v) is 6.59. The molecule has 0 radical (unpaired) electrons. The van der Waals surface area contributed by atoms with Gasteiger partial charge in [0.2, 0.25) is 5.75 Å². The summed E-state index contributed by atoms with van der Waals surface area (Å²) in [5.74, 6) is -1.03. The lowest BCUT2D eigenvalue weighted by atomic mass is 10.1. The zero-order valence-corrected chi connectivity index (χ0v) is 11.8. The van der Waals surface area contributed by atoms with E-state index >= 15 is 0 Å². The molecule has 7 heteroatoms. The van der Waals surface area contributed by atoms with E-state index in [1.807, 2.05) is 13.8 Å². The minimum atomic E-state index is -0.807. The van der Waals surface area contributed by atoms with E-state index in [0.29, 0.717) is 19.0 Å². The SMILES string of the molecule is CCOC(=O)c1nc2n(c(=O)c1O)CCOC2C(C)C. The molecule has 1 atom stereocenters. The van der Waals surface area contributed by atoms with E-state index in [4.69, 9.17) is 9.47 Å². The minimum Gasteiger partial charge on any atom is -0.501 e. The Kier molecular flexibility index (Phi) is 4.08. The summed E-state index contributed by atoms with van der Waals surface area (Å²) in [6, 6.07) is 0. The topological polar surface area (TPSA) is 90.7 Å². The number of ether oxygens (including phenoxy) is 2. The molecule has 0 amide bonds. The van der Waals surface area contributed by atoms with Crippen LogP contribution in [-0.4, -0.2) is 33.8 Å². The third kappa shape index (κ3) is 2.40. The van der Waals surface area contributed by atoms with Crippen LogP contribution >= 0.6 is 0 Å². The highest BCUT2D eigenvalue weighted by atomic mass is 16.5. The lowest BCUT2D eigenvalue weighted by Gasteiger charge is -2.29. The molecule has 1 aromatic rings. The van der Waals surface area contributed by atoms with Gasteiger partial charge in [0.25, 0.3) is 5.56 Å². The first-order valence-electron chi connectivity index (χ1n) is 6.59. The van der Waals surface area contributed by atoms with Crippen LogP contribution in [0.5, 0.6) is 5.75 Å². The zero-order valence-electron chi connectivity index (χ0n) is 11.8. The van der Waals surface area contributed by atoms with Gasteiger partial charge >= 0.3 is 5.97 Å². The van der Waals surface area contributed by atoms with E-state index in [0.717, 1.165) is 0 Å². The van der Waals surface area contributed by atoms with E-state index in [1.54, 1.807) is 6.92 Å². The van der Waals surface area contributed by atoms with Crippen molar-refractivity contribution in [3.8, 4) is 5.75 Å². The number of aromatic hydroxyl groups is 1. The summed E-state index contributed by atoms with van der Waals surface area (Å²) in [5, 5.41) is 9.84. The number of rotatable bonds is 3. The fraction of sp³-hybridized carbons (Fsp3) is 0.615. The Balaban J connectivity index is 2.58. The van der Waals surface area contributed by atoms with Crippen molar-refractivity contribution in [2.24, 2.45) is 5.92 Å². The molecule has 1 N–H and O–H groups in total. The quantitative estimate of drug-likeness (QED) is 0.827. The number of carbonyl (C=O) groups excluding carboxylic acids is 1. The standard InChI is InChI=1S/C13H18N2O5/c1-4-19-13(18)8-9(16)12(17)15-5-6-20-10(7(2)3)11(15)14-8/h7,10,16H,4-6H2,1-3H3. The van der Waals surface area contributed by atoms with Gasteiger partial charge < -0.3 is 14.6 Å². The average molecular weight is 282 g/mol. The number of carbonyl (C=O) groups is 1. The fourth-order valence-corrected chi connectivity index (χ4v) is 2.17. The Hall–Kier alpha value is -1.89. The van der Waals surface area contributed by atoms with Crippen LogP contribution in [0.4, 0.5) is 0 Å². The summed E-state index contributed by atoms with van der Waals surface area (Å²) in [6.07, 6.45) is -0.384. The number of hydrogen-bond donors (Lipinski definition) is 1. The monoisotopic (exact) mass is 282 g/mol. The van der Waals surface area contributed by atoms with Gasteiger partial charge in [-0.2, -0.15) is 0 Å². The van der Waals surface area contributed by atoms with Crippen LogP contribution in [0.1, 0.15) is 43.2 Å². The molecular weight excluding hydrogens is 264 g/mol. The molecule has 1 aliphatic heterocycles. The lowest BCUT2D eigenvalue weighted by molar-refractivity contribution is -0.0149. The van der Waals surface area contributed by atoms with Crippen LogP contribution in [-0.2, 0) is 16.0 Å². The van der Waals surface area contributed by atoms with Gasteiger partial charge in [0, 0.05) is 0 Å². The molecule has 110 valence electrons. The van der Waals surface area contributed by atoms with Crippen molar-refractivity contribution < 1.29 is 19.4 Å². The summed E-state index contributed by atoms with van der Waals surface area (Å²) in [5.41, 5.74) is -0.980. The molecule has 1 unspecified atom stereocenters. The minimum absolute atomic E-state index is 0.0908. The maximum absolute atomic E-state index is 12.1. The van der Waals surface area contributed by atoms with E-state index in [1.165, 1.54) is 4.57 Å². The van der Waals surface area contributed by atoms with Crippen LogP contribution < -0.4 is 5.56 Å². The fourth-order valence-electron chi connectivity index (χ4n) is 2.17. The van der Waals surface area contributed by atoms with Crippen LogP contribution in [0.2, 0.25) is 0 Å². The van der Waals surface area contributed by atoms with E-state index < -0.39 is 17.3 Å². The number of hydrogen-bond acceptors (Lipinski definition) is 6. The molecule has 1 aromatic heterocycles. The Bertz CT molecular complexity index is 579. The maximum Gasteiger partial charge on any atom is 0.361 e. The second kappa shape index (κ2) is 5.62. The van der Waals surface area contributed by atoms with Crippen molar-refractivity contribution >= 4 is 5.97 Å². The maximum atomic E-state index is 12.1. The Morgan fingerprint density at radius 2 is 2.30 bits per heavy atom. The van der Waals surface area contributed by atoms with Gasteiger partial charge in [-0.15, -0.1) is 0 Å². The van der Waals surface area contributed by atoms with Gasteiger partial charge in [-0.3, -0.25) is 9.36 Å². The molecule has 0 bridgehead atoms. The molecule has 2 rings (SSSR count). The first-order chi connectivity index (χ1) is 9.47. The number of esters is 1. The lowest BCUT2D eigenvalue weighted by Crippen LogP contribution is -2.36. The van der Waals surface area contributed by atoms with Gasteiger partial charge in [-0.25, -0.2) is 9.78 Å². The normalized spacial score (nSPS) is 17.9. The van der Waals surface area contributed by atoms with Crippen LogP contribution in [0.3, 0.4) is 0 Å². The largest absolute Gasteiger partial charge is 0.501 e. The van der Waals surface area contributed by atoms with E-state index in [2.05, 4.69) is 4.98 Å². The van der Waals surface area contributed by atoms with Crippen molar-refractivity contribution in [1.29, 1.82) is 0 Å². The molecule has 0 saturated carbocycles. The van der Waals surface area contributed by atoms with Crippen molar-refractivity contribution in [3.63, 3.8) is 0 Å². The summed E-state index contributed by atoms with van der Waals surface area (Å²) in [7, 11) is 0. The molecule has 0 spiro atoms. The highest BCUT2D eigenvalue weighted by Crippen LogP contribution is 2.28. The summed E-state index contributed by atoms with van der Waals surface area (Å²) in [6.45, 7) is 6.33. The molecule has 0 aromatic carbocycles. The predicted molar refractivity (Wildman–Crippen MR) is 69.6 cm³/mol. The number of nitrogens with zero attached hydrogens (tertiary/aromatic N) is 2. The van der Waals surface area contributed by atoms with Gasteiger partial charge in [0.05, 0.1) is 19.8 Å². The highest BCUT2D eigenvalue weighted by molar-refractivity contribution is 5.89. The molecule has 2 heterocycles. The molecule has 0 saturated heterocycles. The molecule has 0 aliphatic carbocycles. The van der Waals surface area contributed by atoms with Crippen LogP contribution in [0, 0.1) is 5.92 Å². The third-order valence-electron chi connectivity index (χ3n) is 3.12. The second-order valence-corrected chi connectivity index (χ2v) is 4.88. The zero-order chi connectivity index (χ0) is 14.9. The second-order valence-electron chi connectivity index (χ2n) is 4.88. The molecule has 1 aliphatic rings. The van der Waals surface area contributed by atoms with Crippen LogP contribution in [0.15, 0.2) is 4.79 Å². The molecule has 20 heavy (non-hydrogen) atoms. The summed E-state index contributed by atoms with van der Waals surface area (Å²) >= 11 is 0. The van der Waals surface area contributed by atoms with E-state index in [-0.39, 0.29) is 24.3 Å². The first kappa shape index (κ1) is 14.5. The molecular formula is C13H18N2O5. The van der Waals surface area contributed by atoms with Crippen molar-refractivity contribution in [3.05, 3.63) is 21.9 Å². The van der Waals surface area contributed by atoms with Crippen molar-refractivity contribution in [2.75, 3.05) is 13.2 Å². The highest BCUT2D eigenvalue weighted by Gasteiger charge is 2.30. The molecule has 7 nitrogen and oxygen atoms in total. The number of aromatic nitrogens is 2. The average Bonchev–Trinajstić information content (AvgIpc) is 2.42. The van der Waals surface area contributed by atoms with Crippen molar-refractivity contribution in [1.82, 2.24) is 9.55 Å². The smallest absolute Gasteiger partial charge is 0.361 e. The van der Waals surface area contributed by atoms with Crippen LogP contribution in [0.25, 0.3) is 0 Å². The predicted octanol–water partition coefficient (Wildman–Crippen LogP) is 0.853. The Labute approximate surface area is 116 Å².